The lowest BCUT2D eigenvalue weighted by Crippen LogP contribution is -2.23. The van der Waals surface area contributed by atoms with E-state index in [1.807, 2.05) is 0 Å². The summed E-state index contributed by atoms with van der Waals surface area (Å²) in [4.78, 5) is 19.7. The fraction of sp³-hybridized carbons (Fsp3) is 0.0556. The molecule has 1 aromatic heterocycles. The van der Waals surface area contributed by atoms with Gasteiger partial charge in [-0.05, 0) is 18.2 Å². The number of carbonyl (C=O) groups excluding carboxylic acids is 1. The van der Waals surface area contributed by atoms with Crippen LogP contribution in [0.1, 0.15) is 15.9 Å². The van der Waals surface area contributed by atoms with Gasteiger partial charge in [0.1, 0.15) is 5.82 Å². The SMILES string of the molecule is O=C(NCc1ccccc1F)c1cnc(Nc2ccc(F)c(F)c2F)nc1. The average molecular weight is 376 g/mol. The van der Waals surface area contributed by atoms with Gasteiger partial charge in [0.2, 0.25) is 5.95 Å². The van der Waals surface area contributed by atoms with Crippen molar-refractivity contribution in [2.24, 2.45) is 0 Å². The van der Waals surface area contributed by atoms with Crippen molar-refractivity contribution in [1.29, 1.82) is 0 Å². The molecule has 1 amide bonds. The molecule has 0 aliphatic carbocycles. The summed E-state index contributed by atoms with van der Waals surface area (Å²) in [6, 6.07) is 7.75. The largest absolute Gasteiger partial charge is 0.348 e. The van der Waals surface area contributed by atoms with Crippen molar-refractivity contribution < 1.29 is 22.4 Å². The molecule has 0 saturated carbocycles. The molecular weight excluding hydrogens is 364 g/mol. The molecular formula is C18H12F4N4O. The molecule has 138 valence electrons. The van der Waals surface area contributed by atoms with Gasteiger partial charge in [0.05, 0.1) is 11.3 Å². The van der Waals surface area contributed by atoms with E-state index >= 15 is 0 Å². The van der Waals surface area contributed by atoms with Crippen molar-refractivity contribution in [3.8, 4) is 0 Å². The van der Waals surface area contributed by atoms with Crippen molar-refractivity contribution in [3.63, 3.8) is 0 Å². The lowest BCUT2D eigenvalue weighted by Gasteiger charge is -2.08. The van der Waals surface area contributed by atoms with Crippen molar-refractivity contribution in [2.45, 2.75) is 6.54 Å². The lowest BCUT2D eigenvalue weighted by atomic mass is 10.2. The average Bonchev–Trinajstić information content (AvgIpc) is 2.68. The minimum absolute atomic E-state index is 0.0222. The van der Waals surface area contributed by atoms with Gasteiger partial charge < -0.3 is 10.6 Å². The molecule has 3 rings (SSSR count). The van der Waals surface area contributed by atoms with E-state index in [1.165, 1.54) is 18.2 Å². The highest BCUT2D eigenvalue weighted by Crippen LogP contribution is 2.21. The number of anilines is 2. The third-order valence-electron chi connectivity index (χ3n) is 3.59. The first kappa shape index (κ1) is 18.3. The molecule has 0 fully saturated rings. The zero-order chi connectivity index (χ0) is 19.4. The number of hydrogen-bond acceptors (Lipinski definition) is 4. The molecule has 1 heterocycles. The Labute approximate surface area is 151 Å². The second-order valence-electron chi connectivity index (χ2n) is 5.42. The van der Waals surface area contributed by atoms with Crippen LogP contribution in [0.2, 0.25) is 0 Å². The normalized spacial score (nSPS) is 10.5. The summed E-state index contributed by atoms with van der Waals surface area (Å²) in [5.74, 6) is -5.45. The smallest absolute Gasteiger partial charge is 0.254 e. The highest BCUT2D eigenvalue weighted by atomic mass is 19.2. The third-order valence-corrected chi connectivity index (χ3v) is 3.59. The van der Waals surface area contributed by atoms with Gasteiger partial charge in [-0.2, -0.15) is 0 Å². The summed E-state index contributed by atoms with van der Waals surface area (Å²) in [5.41, 5.74) is 0.0483. The standard InChI is InChI=1S/C18H12F4N4O/c19-12-4-2-1-3-10(12)7-23-17(27)11-8-24-18(25-9-11)26-14-6-5-13(20)15(21)16(14)22/h1-6,8-9H,7H2,(H,23,27)(H,24,25,26). The lowest BCUT2D eigenvalue weighted by molar-refractivity contribution is 0.0950. The Morgan fingerprint density at radius 1 is 0.889 bits per heavy atom. The zero-order valence-electron chi connectivity index (χ0n) is 13.6. The molecule has 9 heteroatoms. The fourth-order valence-corrected chi connectivity index (χ4v) is 2.17. The molecule has 5 nitrogen and oxygen atoms in total. The highest BCUT2D eigenvalue weighted by Gasteiger charge is 2.14. The first-order valence-corrected chi connectivity index (χ1v) is 7.70. The number of carbonyl (C=O) groups is 1. The maximum atomic E-state index is 13.6. The second-order valence-corrected chi connectivity index (χ2v) is 5.42. The Hall–Kier alpha value is -3.49. The van der Waals surface area contributed by atoms with Gasteiger partial charge in [-0.15, -0.1) is 0 Å². The van der Waals surface area contributed by atoms with Crippen molar-refractivity contribution in [1.82, 2.24) is 15.3 Å². The first-order valence-electron chi connectivity index (χ1n) is 7.70. The Bertz CT molecular complexity index is 980. The molecule has 0 radical (unpaired) electrons. The van der Waals surface area contributed by atoms with Gasteiger partial charge in [0, 0.05) is 24.5 Å². The number of benzene rings is 2. The third kappa shape index (κ3) is 4.20. The van der Waals surface area contributed by atoms with Crippen LogP contribution in [0.25, 0.3) is 0 Å². The highest BCUT2D eigenvalue weighted by molar-refractivity contribution is 5.93. The second kappa shape index (κ2) is 7.81. The molecule has 0 atom stereocenters. The maximum Gasteiger partial charge on any atom is 0.254 e. The molecule has 0 bridgehead atoms. The van der Waals surface area contributed by atoms with E-state index in [0.717, 1.165) is 24.5 Å². The van der Waals surface area contributed by atoms with E-state index in [2.05, 4.69) is 20.6 Å². The Morgan fingerprint density at radius 3 is 2.30 bits per heavy atom. The van der Waals surface area contributed by atoms with Gasteiger partial charge in [-0.3, -0.25) is 4.79 Å². The molecule has 2 aromatic carbocycles. The number of amides is 1. The first-order chi connectivity index (χ1) is 13.0. The molecule has 3 aromatic rings. The van der Waals surface area contributed by atoms with Gasteiger partial charge in [-0.1, -0.05) is 18.2 Å². The van der Waals surface area contributed by atoms with Gasteiger partial charge in [-0.25, -0.2) is 27.5 Å². The molecule has 0 aliphatic heterocycles. The molecule has 0 aliphatic rings. The van der Waals surface area contributed by atoms with Crippen LogP contribution in [0.3, 0.4) is 0 Å². The molecule has 0 saturated heterocycles. The van der Waals surface area contributed by atoms with E-state index in [4.69, 9.17) is 0 Å². The molecule has 0 unspecified atom stereocenters. The van der Waals surface area contributed by atoms with Crippen LogP contribution in [-0.2, 0) is 6.54 Å². The van der Waals surface area contributed by atoms with Gasteiger partial charge in [0.25, 0.3) is 5.91 Å². The number of halogens is 4. The van der Waals surface area contributed by atoms with E-state index in [0.29, 0.717) is 5.56 Å². The summed E-state index contributed by atoms with van der Waals surface area (Å²) in [7, 11) is 0. The summed E-state index contributed by atoms with van der Waals surface area (Å²) >= 11 is 0. The summed E-state index contributed by atoms with van der Waals surface area (Å²) in [6.45, 7) is -0.0222. The quantitative estimate of drug-likeness (QED) is 0.526. The minimum Gasteiger partial charge on any atom is -0.348 e. The Balaban J connectivity index is 1.65. The number of nitrogens with one attached hydrogen (secondary N) is 2. The summed E-state index contributed by atoms with van der Waals surface area (Å²) < 4.78 is 53.3. The van der Waals surface area contributed by atoms with Crippen molar-refractivity contribution in [3.05, 3.63) is 83.2 Å². The summed E-state index contributed by atoms with van der Waals surface area (Å²) in [6.07, 6.45) is 2.31. The Morgan fingerprint density at radius 2 is 1.59 bits per heavy atom. The zero-order valence-corrected chi connectivity index (χ0v) is 13.6. The van der Waals surface area contributed by atoms with Crippen LogP contribution in [0.4, 0.5) is 29.2 Å². The molecule has 0 spiro atoms. The predicted molar refractivity (Wildman–Crippen MR) is 89.2 cm³/mol. The van der Waals surface area contributed by atoms with Crippen LogP contribution < -0.4 is 10.6 Å². The van der Waals surface area contributed by atoms with Gasteiger partial charge in [0.15, 0.2) is 17.5 Å². The van der Waals surface area contributed by atoms with Gasteiger partial charge >= 0.3 is 0 Å². The number of nitrogens with zero attached hydrogens (tertiary/aromatic N) is 2. The van der Waals surface area contributed by atoms with Crippen LogP contribution in [0, 0.1) is 23.3 Å². The van der Waals surface area contributed by atoms with Crippen molar-refractivity contribution in [2.75, 3.05) is 5.32 Å². The number of aromatic nitrogens is 2. The minimum atomic E-state index is -1.62. The van der Waals surface area contributed by atoms with Crippen LogP contribution in [0.15, 0.2) is 48.8 Å². The fourth-order valence-electron chi connectivity index (χ4n) is 2.17. The number of hydrogen-bond donors (Lipinski definition) is 2. The van der Waals surface area contributed by atoms with E-state index in [-0.39, 0.29) is 23.7 Å². The summed E-state index contributed by atoms with van der Waals surface area (Å²) in [5, 5.41) is 4.90. The molecule has 2 N–H and O–H groups in total. The number of rotatable bonds is 5. The maximum absolute atomic E-state index is 13.6. The van der Waals surface area contributed by atoms with E-state index in [9.17, 15) is 22.4 Å². The van der Waals surface area contributed by atoms with E-state index in [1.54, 1.807) is 6.07 Å². The van der Waals surface area contributed by atoms with Crippen LogP contribution >= 0.6 is 0 Å². The monoisotopic (exact) mass is 376 g/mol. The van der Waals surface area contributed by atoms with Crippen LogP contribution in [-0.4, -0.2) is 15.9 Å². The Kier molecular flexibility index (Phi) is 5.30. The van der Waals surface area contributed by atoms with Crippen LogP contribution in [0.5, 0.6) is 0 Å². The topological polar surface area (TPSA) is 66.9 Å². The van der Waals surface area contributed by atoms with Crippen molar-refractivity contribution >= 4 is 17.5 Å². The van der Waals surface area contributed by atoms with E-state index < -0.39 is 29.2 Å². The molecule has 27 heavy (non-hydrogen) atoms. The predicted octanol–water partition coefficient (Wildman–Crippen LogP) is 3.71.